The molecule has 0 amide bonds. The van der Waals surface area contributed by atoms with Crippen LogP contribution in [0.3, 0.4) is 0 Å². The largest absolute Gasteiger partial charge is 0.508 e. The number of benzene rings is 4. The number of ketones is 3. The smallest absolute Gasteiger partial charge is 0.357 e. The fourth-order valence-electron chi connectivity index (χ4n) is 5.40. The Hall–Kier alpha value is -6.15. The molecular weight excluding hydrogens is 584 g/mol. The summed E-state index contributed by atoms with van der Waals surface area (Å²) < 4.78 is 23.5. The third-order valence-corrected chi connectivity index (χ3v) is 7.44. The Labute approximate surface area is 244 Å². The quantitative estimate of drug-likeness (QED) is 0.129. The summed E-state index contributed by atoms with van der Waals surface area (Å²) >= 11 is 0. The number of carbonyl (C=O) groups is 3. The highest BCUT2D eigenvalue weighted by Crippen LogP contribution is 2.56. The molecule has 4 aromatic rings. The second-order valence-corrected chi connectivity index (χ2v) is 10.2. The van der Waals surface area contributed by atoms with E-state index in [4.69, 9.17) is 18.9 Å². The molecule has 7 N–H and O–H groups in total. The van der Waals surface area contributed by atoms with Gasteiger partial charge in [-0.15, -0.1) is 0 Å². The maximum Gasteiger partial charge on any atom is 0.357 e. The zero-order chi connectivity index (χ0) is 31.3. The molecule has 14 nitrogen and oxygen atoms in total. The van der Waals surface area contributed by atoms with Gasteiger partial charge in [0.05, 0.1) is 0 Å². The summed E-state index contributed by atoms with van der Waals surface area (Å²) in [5, 5.41) is 72.5. The molecule has 0 radical (unpaired) electrons. The van der Waals surface area contributed by atoms with Crippen LogP contribution in [0.5, 0.6) is 57.5 Å². The fourth-order valence-corrected chi connectivity index (χ4v) is 5.40. The molecule has 0 fully saturated rings. The van der Waals surface area contributed by atoms with E-state index in [9.17, 15) is 50.1 Å². The van der Waals surface area contributed by atoms with E-state index in [1.807, 2.05) is 0 Å². The van der Waals surface area contributed by atoms with Crippen molar-refractivity contribution in [3.63, 3.8) is 0 Å². The molecule has 0 saturated heterocycles. The van der Waals surface area contributed by atoms with Gasteiger partial charge in [0.25, 0.3) is 5.78 Å². The number of phenolic OH excluding ortho intramolecular Hbond substituents is 6. The molecule has 44 heavy (non-hydrogen) atoms. The minimum Gasteiger partial charge on any atom is -0.508 e. The van der Waals surface area contributed by atoms with Crippen LogP contribution in [0.4, 0.5) is 0 Å². The van der Waals surface area contributed by atoms with Crippen LogP contribution < -0.4 is 18.9 Å². The van der Waals surface area contributed by atoms with Gasteiger partial charge in [0, 0.05) is 35.4 Å². The lowest BCUT2D eigenvalue weighted by atomic mass is 9.85. The third kappa shape index (κ3) is 3.48. The molecule has 0 saturated carbocycles. The molecule has 4 aromatic carbocycles. The van der Waals surface area contributed by atoms with Gasteiger partial charge in [-0.05, 0) is 30.3 Å². The van der Waals surface area contributed by atoms with Crippen molar-refractivity contribution in [3.8, 4) is 57.5 Å². The molecule has 222 valence electrons. The minimum atomic E-state index is -3.15. The second kappa shape index (κ2) is 8.68. The van der Waals surface area contributed by atoms with Gasteiger partial charge in [0.1, 0.15) is 45.6 Å². The Kier molecular flexibility index (Phi) is 5.28. The van der Waals surface area contributed by atoms with Crippen LogP contribution in [0.25, 0.3) is 0 Å². The van der Waals surface area contributed by atoms with Crippen LogP contribution in [-0.2, 0) is 10.6 Å². The summed E-state index contributed by atoms with van der Waals surface area (Å²) in [5.74, 6) is -14.1. The van der Waals surface area contributed by atoms with E-state index < -0.39 is 86.4 Å². The number of ether oxygens (including phenoxy) is 4. The maximum atomic E-state index is 13.9. The minimum absolute atomic E-state index is 0.0186. The average molecular weight is 602 g/mol. The van der Waals surface area contributed by atoms with Gasteiger partial charge in [0.2, 0.25) is 11.6 Å². The van der Waals surface area contributed by atoms with Gasteiger partial charge in [-0.3, -0.25) is 14.4 Å². The Balaban J connectivity index is 1.37. The van der Waals surface area contributed by atoms with Crippen molar-refractivity contribution < 1.29 is 69.1 Å². The fraction of sp³-hybridized carbons (Fsp3) is 0.100. The van der Waals surface area contributed by atoms with Crippen LogP contribution >= 0.6 is 0 Å². The molecule has 3 aliphatic heterocycles. The lowest BCUT2D eigenvalue weighted by Gasteiger charge is -2.50. The highest BCUT2D eigenvalue weighted by molar-refractivity contribution is 6.47. The number of phenols is 6. The first kappa shape index (κ1) is 26.7. The molecule has 0 spiro atoms. The van der Waals surface area contributed by atoms with Crippen molar-refractivity contribution in [2.24, 2.45) is 0 Å². The first-order chi connectivity index (χ1) is 20.8. The number of rotatable bonds is 2. The predicted octanol–water partition coefficient (Wildman–Crippen LogP) is 2.39. The second-order valence-electron chi connectivity index (χ2n) is 10.2. The van der Waals surface area contributed by atoms with Crippen molar-refractivity contribution in [2.75, 3.05) is 0 Å². The predicted molar refractivity (Wildman–Crippen MR) is 141 cm³/mol. The first-order valence-electron chi connectivity index (χ1n) is 12.7. The summed E-state index contributed by atoms with van der Waals surface area (Å²) in [6.45, 7) is 0. The number of aliphatic hydroxyl groups is 1. The van der Waals surface area contributed by atoms with Crippen molar-refractivity contribution >= 4 is 17.3 Å². The van der Waals surface area contributed by atoms with E-state index in [-0.39, 0.29) is 28.4 Å². The molecule has 3 unspecified atom stereocenters. The van der Waals surface area contributed by atoms with E-state index in [1.54, 1.807) is 0 Å². The Morgan fingerprint density at radius 3 is 1.95 bits per heavy atom. The third-order valence-electron chi connectivity index (χ3n) is 7.44. The monoisotopic (exact) mass is 602 g/mol. The molecule has 0 bridgehead atoms. The topological polar surface area (TPSA) is 230 Å². The Morgan fingerprint density at radius 2 is 1.25 bits per heavy atom. The van der Waals surface area contributed by atoms with Crippen molar-refractivity contribution in [2.45, 2.75) is 17.7 Å². The molecule has 3 atom stereocenters. The SMILES string of the molecule is O=C1C(=O)C(c2ccc3c(c2)OC2(O)C(=O)c4c(O)cc(O)cc4OC2(c2ccc(O)c(O)c2)O3)Oc2cc(O)cc(O)c21. The normalized spacial score (nSPS) is 23.1. The molecule has 3 heterocycles. The van der Waals surface area contributed by atoms with E-state index in [1.165, 1.54) is 12.1 Å². The van der Waals surface area contributed by atoms with Gasteiger partial charge in [-0.25, -0.2) is 0 Å². The summed E-state index contributed by atoms with van der Waals surface area (Å²) in [6, 6.07) is 10.5. The van der Waals surface area contributed by atoms with E-state index in [2.05, 4.69) is 0 Å². The van der Waals surface area contributed by atoms with Gasteiger partial charge in [-0.1, -0.05) is 6.07 Å². The van der Waals surface area contributed by atoms with E-state index in [0.29, 0.717) is 0 Å². The molecule has 14 heteroatoms. The van der Waals surface area contributed by atoms with Gasteiger partial charge < -0.3 is 54.7 Å². The first-order valence-corrected chi connectivity index (χ1v) is 12.7. The van der Waals surface area contributed by atoms with Crippen molar-refractivity contribution in [1.82, 2.24) is 0 Å². The standard InChI is InChI=1S/C30H18O14/c31-13-7-17(35)23-21(9-13)41-27(26(38)25(23)37)11-1-4-19-20(5-11)42-29(40)28(39)24-18(36)8-14(32)10-22(24)44-30(29,43-19)12-2-3-15(33)16(34)6-12/h1-10,27,31-36,40H. The molecule has 0 aliphatic carbocycles. The van der Waals surface area contributed by atoms with Crippen molar-refractivity contribution in [1.29, 1.82) is 0 Å². The highest BCUT2D eigenvalue weighted by Gasteiger charge is 2.71. The number of Topliss-reactive ketones (excluding diaryl/α,β-unsaturated/α-hetero) is 3. The number of hydrogen-bond acceptors (Lipinski definition) is 14. The molecular formula is C30H18O14. The van der Waals surface area contributed by atoms with Crippen LogP contribution in [0, 0.1) is 0 Å². The zero-order valence-electron chi connectivity index (χ0n) is 21.8. The number of carbonyl (C=O) groups excluding carboxylic acids is 3. The Morgan fingerprint density at radius 1 is 0.591 bits per heavy atom. The lowest BCUT2D eigenvalue weighted by molar-refractivity contribution is -0.316. The van der Waals surface area contributed by atoms with E-state index >= 15 is 0 Å². The highest BCUT2D eigenvalue weighted by atomic mass is 16.8. The lowest BCUT2D eigenvalue weighted by Crippen LogP contribution is -2.70. The van der Waals surface area contributed by atoms with Crippen LogP contribution in [-0.4, -0.2) is 58.9 Å². The van der Waals surface area contributed by atoms with Crippen LogP contribution in [0.1, 0.15) is 37.9 Å². The van der Waals surface area contributed by atoms with E-state index in [0.717, 1.165) is 48.5 Å². The number of fused-ring (bicyclic) bond motifs is 4. The van der Waals surface area contributed by atoms with Crippen LogP contribution in [0.2, 0.25) is 0 Å². The Bertz CT molecular complexity index is 1980. The summed E-state index contributed by atoms with van der Waals surface area (Å²) in [4.78, 5) is 39.7. The van der Waals surface area contributed by atoms with Gasteiger partial charge in [0.15, 0.2) is 29.1 Å². The number of aromatic hydroxyl groups is 6. The molecule has 0 aromatic heterocycles. The summed E-state index contributed by atoms with van der Waals surface area (Å²) in [7, 11) is 0. The number of hydrogen-bond donors (Lipinski definition) is 7. The van der Waals surface area contributed by atoms with Crippen molar-refractivity contribution in [3.05, 3.63) is 82.9 Å². The molecule has 3 aliphatic rings. The molecule has 7 rings (SSSR count). The average Bonchev–Trinajstić information content (AvgIpc) is 2.95. The zero-order valence-corrected chi connectivity index (χ0v) is 21.8. The maximum absolute atomic E-state index is 13.9. The summed E-state index contributed by atoms with van der Waals surface area (Å²) in [5.41, 5.74) is -1.28. The summed E-state index contributed by atoms with van der Waals surface area (Å²) in [6.07, 6.45) is -1.61. The van der Waals surface area contributed by atoms with Crippen LogP contribution in [0.15, 0.2) is 60.7 Å². The van der Waals surface area contributed by atoms with Gasteiger partial charge >= 0.3 is 11.6 Å². The van der Waals surface area contributed by atoms with Gasteiger partial charge in [-0.2, -0.15) is 0 Å².